The highest BCUT2D eigenvalue weighted by atomic mass is 79.9. The molecular weight excluding hydrogens is 398 g/mol. The number of nitrogens with zero attached hydrogens (tertiary/aromatic N) is 3. The van der Waals surface area contributed by atoms with Crippen LogP contribution in [0.25, 0.3) is 0 Å². The molecule has 136 valence electrons. The van der Waals surface area contributed by atoms with Crippen LogP contribution in [0.1, 0.15) is 32.1 Å². The van der Waals surface area contributed by atoms with E-state index in [4.69, 9.17) is 0 Å². The highest BCUT2D eigenvalue weighted by Crippen LogP contribution is 2.33. The Bertz CT molecular complexity index is 825. The van der Waals surface area contributed by atoms with E-state index in [0.717, 1.165) is 23.7 Å². The van der Waals surface area contributed by atoms with Crippen molar-refractivity contribution in [3.63, 3.8) is 0 Å². The smallest absolute Gasteiger partial charge is 0.353 e. The predicted octanol–water partition coefficient (Wildman–Crippen LogP) is 5.19. The average Bonchev–Trinajstić information content (AvgIpc) is 2.64. The third kappa shape index (κ3) is 4.57. The number of hydrogen-bond acceptors (Lipinski definition) is 6. The molecule has 0 saturated heterocycles. The molecular formula is C18H20BrN5O2. The molecule has 0 saturated carbocycles. The molecule has 0 bridgehead atoms. The molecule has 7 nitrogen and oxygen atoms in total. The van der Waals surface area contributed by atoms with Crippen molar-refractivity contribution in [3.8, 4) is 0 Å². The van der Waals surface area contributed by atoms with Crippen molar-refractivity contribution in [2.45, 2.75) is 32.1 Å². The van der Waals surface area contributed by atoms with E-state index in [1.165, 1.54) is 24.7 Å². The third-order valence-corrected chi connectivity index (χ3v) is 4.95. The van der Waals surface area contributed by atoms with Gasteiger partial charge in [0.05, 0.1) is 10.6 Å². The van der Waals surface area contributed by atoms with Gasteiger partial charge in [-0.1, -0.05) is 23.8 Å². The molecule has 3 rings (SSSR count). The lowest BCUT2D eigenvalue weighted by molar-refractivity contribution is -0.383. The molecule has 1 aliphatic rings. The second-order valence-electron chi connectivity index (χ2n) is 6.07. The summed E-state index contributed by atoms with van der Waals surface area (Å²) in [5.41, 5.74) is 1.96. The van der Waals surface area contributed by atoms with E-state index in [0.29, 0.717) is 12.2 Å². The first-order chi connectivity index (χ1) is 12.6. The molecule has 26 heavy (non-hydrogen) atoms. The second-order valence-corrected chi connectivity index (χ2v) is 6.92. The van der Waals surface area contributed by atoms with Crippen LogP contribution in [-0.2, 0) is 0 Å². The SMILES string of the molecule is O=[N+]([O-])c1c(NCCC2=CCCCC2)ncnc1Nc1ccccc1Br. The lowest BCUT2D eigenvalue weighted by atomic mass is 9.97. The molecule has 8 heteroatoms. The highest BCUT2D eigenvalue weighted by molar-refractivity contribution is 9.10. The van der Waals surface area contributed by atoms with Crippen molar-refractivity contribution < 1.29 is 4.92 Å². The van der Waals surface area contributed by atoms with E-state index in [1.54, 1.807) is 0 Å². The zero-order valence-electron chi connectivity index (χ0n) is 14.2. The third-order valence-electron chi connectivity index (χ3n) is 4.26. The average molecular weight is 418 g/mol. The molecule has 0 aliphatic heterocycles. The Morgan fingerprint density at radius 2 is 2.00 bits per heavy atom. The Labute approximate surface area is 160 Å². The minimum Gasteiger partial charge on any atom is -0.364 e. The van der Waals surface area contributed by atoms with Crippen LogP contribution in [0.15, 0.2) is 46.7 Å². The molecule has 2 N–H and O–H groups in total. The summed E-state index contributed by atoms with van der Waals surface area (Å²) in [7, 11) is 0. The summed E-state index contributed by atoms with van der Waals surface area (Å²) in [6.45, 7) is 0.609. The molecule has 2 aromatic rings. The number of nitro groups is 1. The van der Waals surface area contributed by atoms with Crippen molar-refractivity contribution in [2.24, 2.45) is 0 Å². The number of para-hydroxylation sites is 1. The number of hydrogen-bond donors (Lipinski definition) is 2. The summed E-state index contributed by atoms with van der Waals surface area (Å²) in [5, 5.41) is 17.7. The number of anilines is 3. The molecule has 0 atom stereocenters. The highest BCUT2D eigenvalue weighted by Gasteiger charge is 2.23. The first kappa shape index (κ1) is 18.3. The first-order valence-electron chi connectivity index (χ1n) is 8.58. The molecule has 1 aliphatic carbocycles. The molecule has 1 aromatic heterocycles. The van der Waals surface area contributed by atoms with Crippen LogP contribution < -0.4 is 10.6 Å². The van der Waals surface area contributed by atoms with Gasteiger partial charge in [0.25, 0.3) is 0 Å². The minimum absolute atomic E-state index is 0.152. The molecule has 0 unspecified atom stereocenters. The quantitative estimate of drug-likeness (QED) is 0.365. The van der Waals surface area contributed by atoms with Crippen molar-refractivity contribution in [1.29, 1.82) is 0 Å². The minimum atomic E-state index is -0.457. The summed E-state index contributed by atoms with van der Waals surface area (Å²) in [4.78, 5) is 19.3. The van der Waals surface area contributed by atoms with Crippen molar-refractivity contribution in [3.05, 3.63) is 56.8 Å². The summed E-state index contributed by atoms with van der Waals surface area (Å²) >= 11 is 3.42. The normalized spacial score (nSPS) is 13.8. The number of nitrogens with one attached hydrogen (secondary N) is 2. The molecule has 1 heterocycles. The number of allylic oxidation sites excluding steroid dienone is 1. The van der Waals surface area contributed by atoms with Crippen LogP contribution in [0.4, 0.5) is 23.0 Å². The Balaban J connectivity index is 1.76. The summed E-state index contributed by atoms with van der Waals surface area (Å²) in [6.07, 6.45) is 9.19. The maximum atomic E-state index is 11.6. The Morgan fingerprint density at radius 3 is 2.73 bits per heavy atom. The summed E-state index contributed by atoms with van der Waals surface area (Å²) in [6, 6.07) is 7.39. The zero-order valence-corrected chi connectivity index (χ0v) is 15.8. The van der Waals surface area contributed by atoms with Gasteiger partial charge in [0.2, 0.25) is 11.6 Å². The van der Waals surface area contributed by atoms with Crippen LogP contribution in [0.2, 0.25) is 0 Å². The lowest BCUT2D eigenvalue weighted by Crippen LogP contribution is -2.10. The van der Waals surface area contributed by atoms with Gasteiger partial charge < -0.3 is 10.6 Å². The molecule has 0 spiro atoms. The van der Waals surface area contributed by atoms with Gasteiger partial charge in [-0.2, -0.15) is 0 Å². The van der Waals surface area contributed by atoms with Gasteiger partial charge >= 0.3 is 5.69 Å². The van der Waals surface area contributed by atoms with Crippen molar-refractivity contribution in [1.82, 2.24) is 9.97 Å². The van der Waals surface area contributed by atoms with Gasteiger partial charge in [-0.05, 0) is 60.2 Å². The van der Waals surface area contributed by atoms with E-state index in [2.05, 4.69) is 42.6 Å². The summed E-state index contributed by atoms with van der Waals surface area (Å²) in [5.74, 6) is 0.396. The van der Waals surface area contributed by atoms with Crippen LogP contribution in [0.5, 0.6) is 0 Å². The van der Waals surface area contributed by atoms with Gasteiger partial charge in [0.1, 0.15) is 6.33 Å². The van der Waals surface area contributed by atoms with E-state index < -0.39 is 4.92 Å². The van der Waals surface area contributed by atoms with Crippen LogP contribution >= 0.6 is 15.9 Å². The Hall–Kier alpha value is -2.48. The van der Waals surface area contributed by atoms with Gasteiger partial charge in [-0.15, -0.1) is 0 Å². The monoisotopic (exact) mass is 417 g/mol. The topological polar surface area (TPSA) is 93.0 Å². The number of rotatable bonds is 7. The largest absolute Gasteiger partial charge is 0.364 e. The molecule has 0 amide bonds. The number of halogens is 1. The first-order valence-corrected chi connectivity index (χ1v) is 9.37. The van der Waals surface area contributed by atoms with Gasteiger partial charge in [-0.3, -0.25) is 10.1 Å². The van der Waals surface area contributed by atoms with Gasteiger partial charge in [0, 0.05) is 11.0 Å². The second kappa shape index (κ2) is 8.75. The van der Waals surface area contributed by atoms with Crippen molar-refractivity contribution >= 4 is 38.9 Å². The van der Waals surface area contributed by atoms with Crippen LogP contribution in [-0.4, -0.2) is 21.4 Å². The Kier molecular flexibility index (Phi) is 6.17. The zero-order chi connectivity index (χ0) is 18.4. The van der Waals surface area contributed by atoms with E-state index in [1.807, 2.05) is 24.3 Å². The maximum absolute atomic E-state index is 11.6. The molecule has 0 fully saturated rings. The molecule has 1 aromatic carbocycles. The van der Waals surface area contributed by atoms with E-state index >= 15 is 0 Å². The predicted molar refractivity (Wildman–Crippen MR) is 106 cm³/mol. The van der Waals surface area contributed by atoms with Crippen LogP contribution in [0, 0.1) is 10.1 Å². The van der Waals surface area contributed by atoms with Gasteiger partial charge in [0.15, 0.2) is 0 Å². The van der Waals surface area contributed by atoms with Crippen LogP contribution in [0.3, 0.4) is 0 Å². The van der Waals surface area contributed by atoms with Gasteiger partial charge in [-0.25, -0.2) is 9.97 Å². The lowest BCUT2D eigenvalue weighted by Gasteiger charge is -2.14. The maximum Gasteiger partial charge on any atom is 0.353 e. The molecule has 0 radical (unpaired) electrons. The fraction of sp³-hybridized carbons (Fsp3) is 0.333. The van der Waals surface area contributed by atoms with E-state index in [-0.39, 0.29) is 17.3 Å². The summed E-state index contributed by atoms with van der Waals surface area (Å²) < 4.78 is 0.798. The Morgan fingerprint density at radius 1 is 1.19 bits per heavy atom. The number of aromatic nitrogens is 2. The number of benzene rings is 1. The van der Waals surface area contributed by atoms with E-state index in [9.17, 15) is 10.1 Å². The fourth-order valence-corrected chi connectivity index (χ4v) is 3.32. The van der Waals surface area contributed by atoms with Crippen molar-refractivity contribution in [2.75, 3.05) is 17.2 Å². The standard InChI is InChI=1S/C18H20BrN5O2/c19-14-8-4-5-9-15(14)23-18-16(24(25)26)17(21-12-22-18)20-11-10-13-6-2-1-3-7-13/h4-6,8-9,12H,1-3,7,10-11H2,(H2,20,21,22,23). The fourth-order valence-electron chi connectivity index (χ4n) is 2.94.